The highest BCUT2D eigenvalue weighted by Crippen LogP contribution is 2.11. The first-order valence-corrected chi connectivity index (χ1v) is 10.5. The monoisotopic (exact) mass is 473 g/mol. The number of nitrogens with zero attached hydrogens (tertiary/aromatic N) is 6. The molecular formula is C23H39N9O2. The molecule has 34 heavy (non-hydrogen) atoms. The van der Waals surface area contributed by atoms with Crippen molar-refractivity contribution >= 4 is 23.8 Å². The number of hydrazone groups is 1. The largest absolute Gasteiger partial charge is 0.383 e. The average Bonchev–Trinajstić information content (AvgIpc) is 2.68. The number of hydrogen-bond donors (Lipinski definition) is 3. The summed E-state index contributed by atoms with van der Waals surface area (Å²) in [6.07, 6.45) is 6.41. The van der Waals surface area contributed by atoms with Gasteiger partial charge in [-0.05, 0) is 47.6 Å². The quantitative estimate of drug-likeness (QED) is 0.610. The van der Waals surface area contributed by atoms with Gasteiger partial charge in [0.05, 0.1) is 6.21 Å². The zero-order valence-corrected chi connectivity index (χ0v) is 20.2. The summed E-state index contributed by atoms with van der Waals surface area (Å²) >= 11 is 0. The molecule has 1 aromatic rings. The third-order valence-electron chi connectivity index (χ3n) is 4.26. The summed E-state index contributed by atoms with van der Waals surface area (Å²) in [4.78, 5) is 31.3. The average molecular weight is 474 g/mol. The van der Waals surface area contributed by atoms with Gasteiger partial charge in [0.1, 0.15) is 23.3 Å². The van der Waals surface area contributed by atoms with Gasteiger partial charge >= 0.3 is 5.69 Å². The second-order valence-electron chi connectivity index (χ2n) is 8.02. The number of anilines is 1. The van der Waals surface area contributed by atoms with Gasteiger partial charge in [-0.25, -0.2) is 14.8 Å². The number of carbonyl (C=O) groups excluding carboxylic acids is 1. The lowest BCUT2D eigenvalue weighted by Crippen LogP contribution is -2.38. The highest BCUT2D eigenvalue weighted by Gasteiger charge is 2.14. The number of aliphatic imine (C=N–C) groups is 1. The molecule has 0 saturated heterocycles. The molecule has 188 valence electrons. The van der Waals surface area contributed by atoms with E-state index in [9.17, 15) is 9.59 Å². The van der Waals surface area contributed by atoms with Crippen LogP contribution in [0.5, 0.6) is 0 Å². The van der Waals surface area contributed by atoms with Gasteiger partial charge < -0.3 is 21.7 Å². The van der Waals surface area contributed by atoms with E-state index >= 15 is 0 Å². The summed E-state index contributed by atoms with van der Waals surface area (Å²) in [6, 6.07) is 2.35. The Balaban J connectivity index is 0.000000473. The Hall–Kier alpha value is -3.89. The number of aromatic nitrogens is 2. The first-order chi connectivity index (χ1) is 15.3. The summed E-state index contributed by atoms with van der Waals surface area (Å²) in [5.74, 6) is 1.82. The maximum absolute atomic E-state index is 11.1. The minimum Gasteiger partial charge on any atom is -0.383 e. The van der Waals surface area contributed by atoms with Crippen molar-refractivity contribution in [2.24, 2.45) is 15.8 Å². The molecule has 0 aliphatic carbocycles. The van der Waals surface area contributed by atoms with Crippen LogP contribution in [-0.2, 0) is 4.79 Å². The van der Waals surface area contributed by atoms with Crippen LogP contribution in [-0.4, -0.2) is 49.5 Å². The fraction of sp³-hybridized carbons (Fsp3) is 0.435. The van der Waals surface area contributed by atoms with Crippen molar-refractivity contribution in [3.8, 4) is 0 Å². The van der Waals surface area contributed by atoms with Gasteiger partial charge in [0.2, 0.25) is 0 Å². The lowest BCUT2D eigenvalue weighted by Gasteiger charge is -2.29. The van der Waals surface area contributed by atoms with Crippen LogP contribution < -0.4 is 22.5 Å². The maximum Gasteiger partial charge on any atom is 0.349 e. The molecule has 3 heterocycles. The normalized spacial score (nSPS) is 14.7. The van der Waals surface area contributed by atoms with E-state index in [0.29, 0.717) is 23.5 Å². The van der Waals surface area contributed by atoms with Gasteiger partial charge in [0, 0.05) is 36.6 Å². The molecule has 2 aliphatic heterocycles. The second kappa shape index (κ2) is 13.6. The Labute approximate surface area is 202 Å². The predicted octanol–water partition coefficient (Wildman–Crippen LogP) is 2.38. The zero-order valence-electron chi connectivity index (χ0n) is 20.2. The molecule has 11 nitrogen and oxygen atoms in total. The Kier molecular flexibility index (Phi) is 12.1. The molecule has 0 aromatic carbocycles. The van der Waals surface area contributed by atoms with Crippen LogP contribution in [0.3, 0.4) is 0 Å². The number of nitrogens with two attached hydrogens (primary N) is 2. The molecule has 11 heteroatoms. The standard InChI is InChI=1S/C8H12N2O.C7H12N4.C7H11N3O.CH4/c1-6(2)10-5-4-8(11)9-7(10)3;1-5(2)11-6(3)10-7(8)4-9-11;1-5(2)10-4-3-6(8)9-7(10)11;/h4-6H,3H2,1-2H3,(H,9,11);4-5H,3H2,1-2H3,(H2,8,10);3-5H,1-2H3,(H2,8,9,11);1H4. The SMILES string of the molecule is C.C=C1N=C(N)C=NN1C(C)C.C=C1NC(=O)C=CN1C(C)C.CC(C)n1ccc(N)nc1=O. The molecule has 0 radical (unpaired) electrons. The molecule has 0 saturated carbocycles. The van der Waals surface area contributed by atoms with Crippen LogP contribution >= 0.6 is 0 Å². The number of amides is 1. The van der Waals surface area contributed by atoms with E-state index in [1.54, 1.807) is 23.5 Å². The van der Waals surface area contributed by atoms with E-state index in [0.717, 1.165) is 0 Å². The van der Waals surface area contributed by atoms with E-state index in [-0.39, 0.29) is 36.9 Å². The highest BCUT2D eigenvalue weighted by atomic mass is 16.2. The van der Waals surface area contributed by atoms with Gasteiger partial charge in [-0.3, -0.25) is 9.36 Å². The van der Waals surface area contributed by atoms with Gasteiger partial charge in [0.15, 0.2) is 0 Å². The first kappa shape index (κ1) is 30.1. The molecule has 0 atom stereocenters. The maximum atomic E-state index is 11.1. The molecule has 0 spiro atoms. The number of nitrogens with one attached hydrogen (secondary N) is 1. The van der Waals surface area contributed by atoms with Crippen molar-refractivity contribution in [2.75, 3.05) is 5.73 Å². The summed E-state index contributed by atoms with van der Waals surface area (Å²) in [5, 5.41) is 8.38. The highest BCUT2D eigenvalue weighted by molar-refractivity contribution is 6.29. The Morgan fingerprint density at radius 1 is 1.00 bits per heavy atom. The van der Waals surface area contributed by atoms with Gasteiger partial charge in [-0.1, -0.05) is 20.6 Å². The van der Waals surface area contributed by atoms with Crippen molar-refractivity contribution in [3.63, 3.8) is 0 Å². The predicted molar refractivity (Wildman–Crippen MR) is 140 cm³/mol. The van der Waals surface area contributed by atoms with Gasteiger partial charge in [0.25, 0.3) is 5.91 Å². The second-order valence-corrected chi connectivity index (χ2v) is 8.02. The van der Waals surface area contributed by atoms with Gasteiger partial charge in [-0.2, -0.15) is 10.1 Å². The minimum absolute atomic E-state index is 0. The van der Waals surface area contributed by atoms with Crippen LogP contribution in [0.2, 0.25) is 0 Å². The number of hydrogen-bond acceptors (Lipinski definition) is 9. The van der Waals surface area contributed by atoms with E-state index in [1.165, 1.54) is 16.9 Å². The Morgan fingerprint density at radius 2 is 1.62 bits per heavy atom. The molecule has 1 aromatic heterocycles. The van der Waals surface area contributed by atoms with E-state index in [4.69, 9.17) is 11.5 Å². The number of carbonyl (C=O) groups is 1. The third kappa shape index (κ3) is 9.31. The molecule has 2 aliphatic rings. The van der Waals surface area contributed by atoms with Crippen LogP contribution in [0, 0.1) is 0 Å². The van der Waals surface area contributed by atoms with E-state index < -0.39 is 0 Å². The Bertz CT molecular complexity index is 1000. The lowest BCUT2D eigenvalue weighted by molar-refractivity contribution is -0.116. The van der Waals surface area contributed by atoms with E-state index in [2.05, 4.69) is 33.6 Å². The topological polar surface area (TPSA) is 147 Å². The van der Waals surface area contributed by atoms with Crippen molar-refractivity contribution in [1.29, 1.82) is 0 Å². The molecule has 0 bridgehead atoms. The van der Waals surface area contributed by atoms with E-state index in [1.807, 2.05) is 46.4 Å². The fourth-order valence-electron chi connectivity index (χ4n) is 2.64. The molecular weight excluding hydrogens is 434 g/mol. The summed E-state index contributed by atoms with van der Waals surface area (Å²) < 4.78 is 1.52. The van der Waals surface area contributed by atoms with Crippen LogP contribution in [0.15, 0.2) is 64.2 Å². The number of amidine groups is 1. The van der Waals surface area contributed by atoms with Crippen molar-refractivity contribution in [3.05, 3.63) is 59.8 Å². The smallest absolute Gasteiger partial charge is 0.349 e. The summed E-state index contributed by atoms with van der Waals surface area (Å²) in [5.41, 5.74) is 10.4. The summed E-state index contributed by atoms with van der Waals surface area (Å²) in [6.45, 7) is 19.4. The lowest BCUT2D eigenvalue weighted by atomic mass is 10.3. The number of rotatable bonds is 3. The van der Waals surface area contributed by atoms with Crippen LogP contribution in [0.25, 0.3) is 0 Å². The minimum atomic E-state index is -0.292. The van der Waals surface area contributed by atoms with Crippen molar-refractivity contribution in [1.82, 2.24) is 24.8 Å². The zero-order chi connectivity index (χ0) is 25.3. The molecule has 5 N–H and O–H groups in total. The third-order valence-corrected chi connectivity index (χ3v) is 4.26. The van der Waals surface area contributed by atoms with Crippen LogP contribution in [0.1, 0.15) is 55.0 Å². The first-order valence-electron chi connectivity index (χ1n) is 10.5. The van der Waals surface area contributed by atoms with Gasteiger partial charge in [-0.15, -0.1) is 0 Å². The molecule has 3 rings (SSSR count). The van der Waals surface area contributed by atoms with Crippen LogP contribution in [0.4, 0.5) is 5.82 Å². The molecule has 1 amide bonds. The van der Waals surface area contributed by atoms with Crippen molar-refractivity contribution < 1.29 is 4.79 Å². The summed E-state index contributed by atoms with van der Waals surface area (Å²) in [7, 11) is 0. The van der Waals surface area contributed by atoms with Crippen molar-refractivity contribution in [2.45, 2.75) is 67.1 Å². The Morgan fingerprint density at radius 3 is 2.06 bits per heavy atom. The number of nitrogen functional groups attached to an aromatic ring is 1. The fourth-order valence-corrected chi connectivity index (χ4v) is 2.64. The molecule has 0 unspecified atom stereocenters. The molecule has 0 fully saturated rings.